The highest BCUT2D eigenvalue weighted by molar-refractivity contribution is 7.81. The maximum Gasteiger partial charge on any atom is 0.446 e. The van der Waals surface area contributed by atoms with Gasteiger partial charge in [-0.15, -0.1) is 0 Å². The average molecular weight is 260 g/mol. The highest BCUT2D eigenvalue weighted by atomic mass is 32.3. The van der Waals surface area contributed by atoms with Crippen molar-refractivity contribution in [1.29, 1.82) is 0 Å². The summed E-state index contributed by atoms with van der Waals surface area (Å²) in [6.07, 6.45) is 0. The van der Waals surface area contributed by atoms with Crippen LogP contribution in [0.2, 0.25) is 0 Å². The van der Waals surface area contributed by atoms with Gasteiger partial charge >= 0.3 is 10.4 Å². The molecule has 0 atom stereocenters. The third-order valence-corrected chi connectivity index (χ3v) is 2.58. The van der Waals surface area contributed by atoms with Crippen LogP contribution >= 0.6 is 0 Å². The zero-order chi connectivity index (χ0) is 13.3. The van der Waals surface area contributed by atoms with E-state index >= 15 is 0 Å². The number of hydrogen-bond acceptors (Lipinski definition) is 4. The Morgan fingerprint density at radius 1 is 1.24 bits per heavy atom. The second-order valence-electron chi connectivity index (χ2n) is 4.62. The van der Waals surface area contributed by atoms with Gasteiger partial charge in [-0.05, 0) is 23.6 Å². The van der Waals surface area contributed by atoms with Crippen molar-refractivity contribution in [2.75, 3.05) is 7.11 Å². The maximum atomic E-state index is 10.7. The lowest BCUT2D eigenvalue weighted by Crippen LogP contribution is -2.16. The van der Waals surface area contributed by atoms with E-state index in [1.807, 2.05) is 20.8 Å². The van der Waals surface area contributed by atoms with Gasteiger partial charge in [0.1, 0.15) is 11.5 Å². The van der Waals surface area contributed by atoms with Gasteiger partial charge in [0.25, 0.3) is 0 Å². The molecule has 0 fully saturated rings. The Bertz CT molecular complexity index is 499. The molecule has 0 aromatic heterocycles. The van der Waals surface area contributed by atoms with Gasteiger partial charge in [0, 0.05) is 5.56 Å². The Balaban J connectivity index is 3.30. The summed E-state index contributed by atoms with van der Waals surface area (Å²) in [5.41, 5.74) is 0.295. The monoisotopic (exact) mass is 260 g/mol. The van der Waals surface area contributed by atoms with E-state index in [0.29, 0.717) is 11.3 Å². The molecule has 0 bridgehead atoms. The zero-order valence-corrected chi connectivity index (χ0v) is 11.0. The molecule has 0 aliphatic carbocycles. The predicted molar refractivity (Wildman–Crippen MR) is 63.9 cm³/mol. The van der Waals surface area contributed by atoms with E-state index in [-0.39, 0.29) is 11.2 Å². The second kappa shape index (κ2) is 4.54. The minimum Gasteiger partial charge on any atom is -0.497 e. The first-order valence-electron chi connectivity index (χ1n) is 4.99. The molecule has 0 heterocycles. The minimum absolute atomic E-state index is 0.0980. The Morgan fingerprint density at radius 2 is 1.82 bits per heavy atom. The van der Waals surface area contributed by atoms with Crippen molar-refractivity contribution in [2.45, 2.75) is 26.2 Å². The van der Waals surface area contributed by atoms with Crippen molar-refractivity contribution in [3.63, 3.8) is 0 Å². The van der Waals surface area contributed by atoms with Crippen molar-refractivity contribution in [3.8, 4) is 11.5 Å². The second-order valence-corrected chi connectivity index (χ2v) is 5.65. The van der Waals surface area contributed by atoms with Gasteiger partial charge in [-0.3, -0.25) is 4.55 Å². The van der Waals surface area contributed by atoms with E-state index in [9.17, 15) is 8.42 Å². The fraction of sp³-hybridized carbons (Fsp3) is 0.455. The molecule has 6 heteroatoms. The molecule has 0 unspecified atom stereocenters. The van der Waals surface area contributed by atoms with Crippen LogP contribution in [0.15, 0.2) is 18.2 Å². The molecule has 0 radical (unpaired) electrons. The summed E-state index contributed by atoms with van der Waals surface area (Å²) in [6.45, 7) is 5.70. The molecular weight excluding hydrogens is 244 g/mol. The van der Waals surface area contributed by atoms with E-state index in [0.717, 1.165) is 0 Å². The van der Waals surface area contributed by atoms with Gasteiger partial charge in [-0.1, -0.05) is 20.8 Å². The lowest BCUT2D eigenvalue weighted by molar-refractivity contribution is 0.378. The van der Waals surface area contributed by atoms with E-state index < -0.39 is 10.4 Å². The van der Waals surface area contributed by atoms with Crippen LogP contribution in [0.1, 0.15) is 26.3 Å². The molecule has 0 aliphatic heterocycles. The first-order chi connectivity index (χ1) is 7.63. The lowest BCUT2D eigenvalue weighted by Gasteiger charge is -2.22. The van der Waals surface area contributed by atoms with Gasteiger partial charge in [-0.25, -0.2) is 0 Å². The molecule has 1 aromatic carbocycles. The van der Waals surface area contributed by atoms with Crippen molar-refractivity contribution >= 4 is 10.4 Å². The summed E-state index contributed by atoms with van der Waals surface area (Å²) >= 11 is 0. The first-order valence-corrected chi connectivity index (χ1v) is 6.35. The summed E-state index contributed by atoms with van der Waals surface area (Å²) < 4.78 is 39.8. The van der Waals surface area contributed by atoms with E-state index in [2.05, 4.69) is 4.18 Å². The Hall–Kier alpha value is -1.27. The van der Waals surface area contributed by atoms with Crippen LogP contribution in [-0.2, 0) is 15.8 Å². The fourth-order valence-corrected chi connectivity index (χ4v) is 1.78. The van der Waals surface area contributed by atoms with Crippen LogP contribution in [0, 0.1) is 0 Å². The van der Waals surface area contributed by atoms with Gasteiger partial charge < -0.3 is 8.92 Å². The van der Waals surface area contributed by atoms with Crippen molar-refractivity contribution in [3.05, 3.63) is 23.8 Å². The van der Waals surface area contributed by atoms with Crippen LogP contribution in [0.3, 0.4) is 0 Å². The van der Waals surface area contributed by atoms with Crippen LogP contribution in [0.25, 0.3) is 0 Å². The van der Waals surface area contributed by atoms with Gasteiger partial charge in [0.05, 0.1) is 7.11 Å². The van der Waals surface area contributed by atoms with Gasteiger partial charge in [-0.2, -0.15) is 8.42 Å². The van der Waals surface area contributed by atoms with E-state index in [1.165, 1.54) is 13.2 Å². The molecule has 0 spiro atoms. The zero-order valence-electron chi connectivity index (χ0n) is 10.2. The summed E-state index contributed by atoms with van der Waals surface area (Å²) in [5, 5.41) is 0. The molecule has 17 heavy (non-hydrogen) atoms. The first kappa shape index (κ1) is 13.8. The smallest absolute Gasteiger partial charge is 0.446 e. The van der Waals surface area contributed by atoms with Crippen molar-refractivity contribution in [2.24, 2.45) is 0 Å². The van der Waals surface area contributed by atoms with Crippen LogP contribution in [-0.4, -0.2) is 20.1 Å². The standard InChI is InChI=1S/C11H16O5S/c1-11(2,3)9-7-8(15-4)5-6-10(9)16-17(12,13)14/h5-7H,1-4H3,(H,12,13,14). The molecular formula is C11H16O5S. The van der Waals surface area contributed by atoms with Crippen LogP contribution in [0.4, 0.5) is 0 Å². The molecule has 0 saturated carbocycles. The van der Waals surface area contributed by atoms with Crippen molar-refractivity contribution < 1.29 is 21.9 Å². The summed E-state index contributed by atoms with van der Waals surface area (Å²) in [5.74, 6) is 0.693. The third-order valence-electron chi connectivity index (χ3n) is 2.19. The molecule has 0 saturated heterocycles. The normalized spacial score (nSPS) is 12.3. The maximum absolute atomic E-state index is 10.7. The average Bonchev–Trinajstić information content (AvgIpc) is 2.14. The molecule has 1 rings (SSSR count). The summed E-state index contributed by atoms with van der Waals surface area (Å²) in [4.78, 5) is 0. The number of methoxy groups -OCH3 is 1. The number of hydrogen-bond donors (Lipinski definition) is 1. The van der Waals surface area contributed by atoms with Crippen LogP contribution in [0.5, 0.6) is 11.5 Å². The molecule has 0 amide bonds. The summed E-state index contributed by atoms with van der Waals surface area (Å²) in [7, 11) is -3.00. The van der Waals surface area contributed by atoms with E-state index in [1.54, 1.807) is 12.1 Å². The largest absolute Gasteiger partial charge is 0.497 e. The topological polar surface area (TPSA) is 72.8 Å². The van der Waals surface area contributed by atoms with Crippen LogP contribution < -0.4 is 8.92 Å². The molecule has 1 N–H and O–H groups in total. The molecule has 1 aromatic rings. The Kier molecular flexibility index (Phi) is 3.68. The Morgan fingerprint density at radius 3 is 2.24 bits per heavy atom. The van der Waals surface area contributed by atoms with Crippen molar-refractivity contribution in [1.82, 2.24) is 0 Å². The third kappa shape index (κ3) is 3.90. The van der Waals surface area contributed by atoms with Gasteiger partial charge in [0.2, 0.25) is 0 Å². The number of ether oxygens (including phenoxy) is 1. The lowest BCUT2D eigenvalue weighted by atomic mass is 9.86. The van der Waals surface area contributed by atoms with Gasteiger partial charge in [0.15, 0.2) is 0 Å². The molecule has 0 aliphatic rings. The van der Waals surface area contributed by atoms with E-state index in [4.69, 9.17) is 9.29 Å². The number of benzene rings is 1. The molecule has 5 nitrogen and oxygen atoms in total. The predicted octanol–water partition coefficient (Wildman–Crippen LogP) is 2.17. The highest BCUT2D eigenvalue weighted by Gasteiger charge is 2.22. The Labute approximate surface area is 101 Å². The minimum atomic E-state index is -4.52. The SMILES string of the molecule is COc1ccc(OS(=O)(=O)O)c(C(C)(C)C)c1. The molecule has 96 valence electrons. The highest BCUT2D eigenvalue weighted by Crippen LogP contribution is 2.34. The quantitative estimate of drug-likeness (QED) is 0.843. The fourth-order valence-electron chi connectivity index (χ4n) is 1.41. The summed E-state index contributed by atoms with van der Waals surface area (Å²) in [6, 6.07) is 4.70. The number of rotatable bonds is 3.